The van der Waals surface area contributed by atoms with Gasteiger partial charge in [-0.3, -0.25) is 9.78 Å². The zero-order valence-electron chi connectivity index (χ0n) is 11.1. The average molecular weight is 259 g/mol. The van der Waals surface area contributed by atoms with Crippen molar-refractivity contribution in [3.63, 3.8) is 0 Å². The Morgan fingerprint density at radius 2 is 1.84 bits per heavy atom. The molecule has 2 atom stereocenters. The number of pyridine rings is 1. The summed E-state index contributed by atoms with van der Waals surface area (Å²) in [7, 11) is 0. The van der Waals surface area contributed by atoms with Gasteiger partial charge in [-0.15, -0.1) is 0 Å². The predicted molar refractivity (Wildman–Crippen MR) is 73.5 cm³/mol. The number of amides is 1. The normalized spacial score (nSPS) is 33.7. The highest BCUT2D eigenvalue weighted by molar-refractivity contribution is 5.94. The van der Waals surface area contributed by atoms with Crippen molar-refractivity contribution in [3.8, 4) is 0 Å². The van der Waals surface area contributed by atoms with Crippen molar-refractivity contribution in [2.45, 2.75) is 44.2 Å². The molecule has 1 heterocycles. The number of rotatable bonds is 2. The number of carbonyl (C=O) groups is 1. The van der Waals surface area contributed by atoms with E-state index >= 15 is 0 Å². The van der Waals surface area contributed by atoms with E-state index in [0.717, 1.165) is 12.8 Å². The van der Waals surface area contributed by atoms with E-state index in [4.69, 9.17) is 5.73 Å². The van der Waals surface area contributed by atoms with Gasteiger partial charge in [-0.25, -0.2) is 0 Å². The van der Waals surface area contributed by atoms with Crippen LogP contribution in [0.2, 0.25) is 0 Å². The number of nitrogens with two attached hydrogens (primary N) is 1. The van der Waals surface area contributed by atoms with E-state index < -0.39 is 0 Å². The van der Waals surface area contributed by atoms with Crippen molar-refractivity contribution in [2.75, 3.05) is 0 Å². The molecule has 0 radical (unpaired) electrons. The maximum atomic E-state index is 12.3. The Morgan fingerprint density at radius 3 is 2.47 bits per heavy atom. The summed E-state index contributed by atoms with van der Waals surface area (Å²) in [4.78, 5) is 16.2. The molecule has 19 heavy (non-hydrogen) atoms. The lowest BCUT2D eigenvalue weighted by Gasteiger charge is -2.45. The van der Waals surface area contributed by atoms with Gasteiger partial charge >= 0.3 is 0 Å². The second-order valence-corrected chi connectivity index (χ2v) is 5.92. The Morgan fingerprint density at radius 1 is 1.21 bits per heavy atom. The summed E-state index contributed by atoms with van der Waals surface area (Å²) in [5, 5.41) is 3.24. The molecule has 2 unspecified atom stereocenters. The van der Waals surface area contributed by atoms with Gasteiger partial charge in [-0.1, -0.05) is 6.42 Å². The standard InChI is InChI=1S/C15H21N3O/c16-13-8-11-2-1-3-12(9-13)14(11)18-15(19)10-4-6-17-7-5-10/h4-7,11-14H,1-3,8-9,16H2,(H,18,19). The molecule has 2 saturated carbocycles. The number of hydrogen-bond acceptors (Lipinski definition) is 3. The first kappa shape index (κ1) is 12.6. The van der Waals surface area contributed by atoms with Crippen LogP contribution < -0.4 is 11.1 Å². The first-order chi connectivity index (χ1) is 9.24. The molecule has 3 rings (SSSR count). The van der Waals surface area contributed by atoms with Crippen LogP contribution in [0.4, 0.5) is 0 Å². The minimum atomic E-state index is 0.0276. The summed E-state index contributed by atoms with van der Waals surface area (Å²) in [6.07, 6.45) is 9.11. The molecule has 0 aromatic carbocycles. The van der Waals surface area contributed by atoms with Crippen LogP contribution in [0.25, 0.3) is 0 Å². The molecule has 1 aromatic rings. The van der Waals surface area contributed by atoms with Crippen molar-refractivity contribution in [1.29, 1.82) is 0 Å². The minimum Gasteiger partial charge on any atom is -0.349 e. The molecule has 2 bridgehead atoms. The van der Waals surface area contributed by atoms with E-state index in [-0.39, 0.29) is 5.91 Å². The molecule has 1 aromatic heterocycles. The fraction of sp³-hybridized carbons (Fsp3) is 0.600. The summed E-state index contributed by atoms with van der Waals surface area (Å²) in [6, 6.07) is 4.16. The van der Waals surface area contributed by atoms with Crippen molar-refractivity contribution in [1.82, 2.24) is 10.3 Å². The maximum Gasteiger partial charge on any atom is 0.251 e. The van der Waals surface area contributed by atoms with E-state index in [1.54, 1.807) is 24.5 Å². The Balaban J connectivity index is 1.71. The van der Waals surface area contributed by atoms with Gasteiger partial charge in [0.05, 0.1) is 0 Å². The molecular weight excluding hydrogens is 238 g/mol. The Hall–Kier alpha value is -1.42. The zero-order valence-corrected chi connectivity index (χ0v) is 11.1. The number of nitrogens with one attached hydrogen (secondary N) is 1. The van der Waals surface area contributed by atoms with Crippen LogP contribution in [0.1, 0.15) is 42.5 Å². The number of carbonyl (C=O) groups excluding carboxylic acids is 1. The van der Waals surface area contributed by atoms with Gasteiger partial charge in [-0.05, 0) is 49.7 Å². The summed E-state index contributed by atoms with van der Waals surface area (Å²) in [5.74, 6) is 1.15. The third kappa shape index (κ3) is 2.63. The predicted octanol–water partition coefficient (Wildman–Crippen LogP) is 1.72. The van der Waals surface area contributed by atoms with E-state index in [1.165, 1.54) is 19.3 Å². The number of nitrogens with zero attached hydrogens (tertiary/aromatic N) is 1. The van der Waals surface area contributed by atoms with Crippen LogP contribution >= 0.6 is 0 Å². The monoisotopic (exact) mass is 259 g/mol. The van der Waals surface area contributed by atoms with Gasteiger partial charge < -0.3 is 11.1 Å². The van der Waals surface area contributed by atoms with Crippen LogP contribution in [0.3, 0.4) is 0 Å². The molecule has 3 N–H and O–H groups in total. The van der Waals surface area contributed by atoms with Gasteiger partial charge in [0.2, 0.25) is 0 Å². The summed E-state index contributed by atoms with van der Waals surface area (Å²) >= 11 is 0. The molecule has 2 fully saturated rings. The number of aromatic nitrogens is 1. The van der Waals surface area contributed by atoms with Gasteiger partial charge in [0.15, 0.2) is 0 Å². The first-order valence-electron chi connectivity index (χ1n) is 7.20. The lowest BCUT2D eigenvalue weighted by molar-refractivity contribution is 0.0756. The van der Waals surface area contributed by atoms with Gasteiger partial charge in [0.1, 0.15) is 0 Å². The Labute approximate surface area is 113 Å². The third-order valence-corrected chi connectivity index (χ3v) is 4.62. The first-order valence-corrected chi connectivity index (χ1v) is 7.20. The van der Waals surface area contributed by atoms with Gasteiger partial charge in [0.25, 0.3) is 5.91 Å². The molecule has 1 amide bonds. The zero-order chi connectivity index (χ0) is 13.2. The molecule has 2 aliphatic carbocycles. The second-order valence-electron chi connectivity index (χ2n) is 5.92. The third-order valence-electron chi connectivity index (χ3n) is 4.62. The van der Waals surface area contributed by atoms with Crippen LogP contribution in [-0.2, 0) is 0 Å². The lowest BCUT2D eigenvalue weighted by atomic mass is 9.67. The highest BCUT2D eigenvalue weighted by Crippen LogP contribution is 2.39. The number of fused-ring (bicyclic) bond motifs is 2. The molecule has 2 aliphatic rings. The number of hydrogen-bond donors (Lipinski definition) is 2. The largest absolute Gasteiger partial charge is 0.349 e. The lowest BCUT2D eigenvalue weighted by Crippen LogP contribution is -2.53. The van der Waals surface area contributed by atoms with Gasteiger partial charge in [-0.2, -0.15) is 0 Å². The van der Waals surface area contributed by atoms with Crippen molar-refractivity contribution in [2.24, 2.45) is 17.6 Å². The van der Waals surface area contributed by atoms with Gasteiger partial charge in [0, 0.05) is 30.0 Å². The fourth-order valence-electron chi connectivity index (χ4n) is 3.76. The molecule has 0 saturated heterocycles. The fourth-order valence-corrected chi connectivity index (χ4v) is 3.76. The van der Waals surface area contributed by atoms with Crippen LogP contribution in [0.5, 0.6) is 0 Å². The van der Waals surface area contributed by atoms with E-state index in [1.807, 2.05) is 0 Å². The highest BCUT2D eigenvalue weighted by Gasteiger charge is 2.39. The summed E-state index contributed by atoms with van der Waals surface area (Å²) < 4.78 is 0. The molecule has 4 nitrogen and oxygen atoms in total. The molecule has 4 heteroatoms. The average Bonchev–Trinajstić information content (AvgIpc) is 2.41. The summed E-state index contributed by atoms with van der Waals surface area (Å²) in [5.41, 5.74) is 6.81. The quantitative estimate of drug-likeness (QED) is 0.849. The van der Waals surface area contributed by atoms with Crippen molar-refractivity contribution >= 4 is 5.91 Å². The van der Waals surface area contributed by atoms with Crippen molar-refractivity contribution in [3.05, 3.63) is 30.1 Å². The smallest absolute Gasteiger partial charge is 0.251 e. The van der Waals surface area contributed by atoms with Crippen LogP contribution in [0.15, 0.2) is 24.5 Å². The molecule has 0 spiro atoms. The minimum absolute atomic E-state index is 0.0276. The van der Waals surface area contributed by atoms with E-state index in [2.05, 4.69) is 10.3 Å². The van der Waals surface area contributed by atoms with E-state index in [9.17, 15) is 4.79 Å². The van der Waals surface area contributed by atoms with Crippen molar-refractivity contribution < 1.29 is 4.79 Å². The Bertz CT molecular complexity index is 434. The molecule has 0 aliphatic heterocycles. The van der Waals surface area contributed by atoms with Crippen LogP contribution in [0, 0.1) is 11.8 Å². The summed E-state index contributed by atoms with van der Waals surface area (Å²) in [6.45, 7) is 0. The molecule has 102 valence electrons. The maximum absolute atomic E-state index is 12.3. The second kappa shape index (κ2) is 5.29. The van der Waals surface area contributed by atoms with Crippen LogP contribution in [-0.4, -0.2) is 23.0 Å². The molecular formula is C15H21N3O. The SMILES string of the molecule is NC1CC2CCCC(C1)C2NC(=O)c1ccncc1. The van der Waals surface area contributed by atoms with E-state index in [0.29, 0.717) is 29.5 Å². The highest BCUT2D eigenvalue weighted by atomic mass is 16.1. The Kier molecular flexibility index (Phi) is 3.51. The topological polar surface area (TPSA) is 68.0 Å².